The highest BCUT2D eigenvalue weighted by Gasteiger charge is 2.32. The first-order valence-electron chi connectivity index (χ1n) is 5.12. The van der Waals surface area contributed by atoms with Gasteiger partial charge in [-0.3, -0.25) is 0 Å². The Morgan fingerprint density at radius 1 is 1.56 bits per heavy atom. The second-order valence-electron chi connectivity index (χ2n) is 4.39. The maximum Gasteiger partial charge on any atom is 0.335 e. The van der Waals surface area contributed by atoms with Crippen LogP contribution in [-0.4, -0.2) is 29.4 Å². The van der Waals surface area contributed by atoms with Gasteiger partial charge < -0.3 is 14.9 Å². The van der Waals surface area contributed by atoms with E-state index in [0.29, 0.717) is 13.2 Å². The van der Waals surface area contributed by atoms with E-state index in [0.717, 1.165) is 11.1 Å². The van der Waals surface area contributed by atoms with Crippen molar-refractivity contribution in [3.05, 3.63) is 34.9 Å². The van der Waals surface area contributed by atoms with Crippen LogP contribution in [0.5, 0.6) is 0 Å². The van der Waals surface area contributed by atoms with Gasteiger partial charge in [0.1, 0.15) is 0 Å². The fourth-order valence-corrected chi connectivity index (χ4v) is 1.99. The quantitative estimate of drug-likeness (QED) is 0.788. The number of carboxylic acid groups (broad SMARTS) is 1. The lowest BCUT2D eigenvalue weighted by Crippen LogP contribution is -2.37. The molecule has 0 bridgehead atoms. The van der Waals surface area contributed by atoms with Crippen LogP contribution in [0.4, 0.5) is 0 Å². The fourth-order valence-electron chi connectivity index (χ4n) is 1.99. The van der Waals surface area contributed by atoms with Crippen LogP contribution in [0.2, 0.25) is 0 Å². The molecule has 0 saturated heterocycles. The molecule has 1 aromatic rings. The Morgan fingerprint density at radius 3 is 2.94 bits per heavy atom. The van der Waals surface area contributed by atoms with E-state index < -0.39 is 11.4 Å². The molecule has 0 saturated carbocycles. The predicted molar refractivity (Wildman–Crippen MR) is 57.5 cm³/mol. The highest BCUT2D eigenvalue weighted by atomic mass is 16.5. The van der Waals surface area contributed by atoms with Gasteiger partial charge in [0.05, 0.1) is 25.4 Å². The van der Waals surface area contributed by atoms with E-state index >= 15 is 0 Å². The van der Waals surface area contributed by atoms with Gasteiger partial charge in [-0.15, -0.1) is 0 Å². The molecular weight excluding hydrogens is 208 g/mol. The van der Waals surface area contributed by atoms with Gasteiger partial charge in [0.25, 0.3) is 0 Å². The zero-order valence-electron chi connectivity index (χ0n) is 9.06. The van der Waals surface area contributed by atoms with Crippen LogP contribution in [0.3, 0.4) is 0 Å². The molecule has 0 fully saturated rings. The van der Waals surface area contributed by atoms with Crippen LogP contribution in [0, 0.1) is 0 Å². The minimum absolute atomic E-state index is 0.0525. The van der Waals surface area contributed by atoms with E-state index in [9.17, 15) is 9.90 Å². The van der Waals surface area contributed by atoms with Crippen molar-refractivity contribution in [2.45, 2.75) is 18.9 Å². The first-order valence-corrected chi connectivity index (χ1v) is 5.12. The van der Waals surface area contributed by atoms with Gasteiger partial charge in [0.2, 0.25) is 0 Å². The summed E-state index contributed by atoms with van der Waals surface area (Å²) in [6.07, 6.45) is 0. The molecule has 0 unspecified atom stereocenters. The smallest absolute Gasteiger partial charge is 0.335 e. The molecule has 0 aromatic heterocycles. The first kappa shape index (κ1) is 11.1. The average molecular weight is 222 g/mol. The molecule has 4 nitrogen and oxygen atoms in total. The zero-order chi connectivity index (χ0) is 11.8. The maximum atomic E-state index is 10.9. The highest BCUT2D eigenvalue weighted by molar-refractivity contribution is 5.88. The minimum atomic E-state index is -0.949. The summed E-state index contributed by atoms with van der Waals surface area (Å²) >= 11 is 0. The van der Waals surface area contributed by atoms with Crippen molar-refractivity contribution >= 4 is 5.97 Å². The second kappa shape index (κ2) is 3.88. The van der Waals surface area contributed by atoms with Crippen molar-refractivity contribution in [2.75, 3.05) is 13.2 Å². The van der Waals surface area contributed by atoms with Gasteiger partial charge in [0, 0.05) is 5.41 Å². The number of hydrogen-bond donors (Lipinski definition) is 2. The summed E-state index contributed by atoms with van der Waals surface area (Å²) in [7, 11) is 0. The van der Waals surface area contributed by atoms with E-state index in [-0.39, 0.29) is 12.2 Å². The Bertz CT molecular complexity index is 427. The second-order valence-corrected chi connectivity index (χ2v) is 4.39. The highest BCUT2D eigenvalue weighted by Crippen LogP contribution is 2.32. The number of ether oxygens (including phenoxy) is 1. The minimum Gasteiger partial charge on any atom is -0.478 e. The van der Waals surface area contributed by atoms with Crippen LogP contribution in [-0.2, 0) is 16.8 Å². The Balaban J connectivity index is 2.53. The number of aliphatic hydroxyl groups excluding tert-OH is 1. The number of carboxylic acids is 1. The molecule has 4 heteroatoms. The number of rotatable bonds is 2. The Morgan fingerprint density at radius 2 is 2.31 bits per heavy atom. The molecule has 1 aliphatic rings. The summed E-state index contributed by atoms with van der Waals surface area (Å²) in [4.78, 5) is 10.9. The molecule has 1 atom stereocenters. The zero-order valence-corrected chi connectivity index (χ0v) is 9.06. The Kier molecular flexibility index (Phi) is 2.69. The summed E-state index contributed by atoms with van der Waals surface area (Å²) in [5, 5.41) is 18.3. The molecule has 2 N–H and O–H groups in total. The summed E-state index contributed by atoms with van der Waals surface area (Å²) in [5.41, 5.74) is 1.58. The lowest BCUT2D eigenvalue weighted by Gasteiger charge is -2.34. The fraction of sp³-hybridized carbons (Fsp3) is 0.417. The van der Waals surface area contributed by atoms with Crippen molar-refractivity contribution in [1.29, 1.82) is 0 Å². The molecule has 0 amide bonds. The summed E-state index contributed by atoms with van der Waals surface area (Å²) in [6, 6.07) is 4.95. The van der Waals surface area contributed by atoms with Crippen LogP contribution >= 0.6 is 0 Å². The molecule has 86 valence electrons. The molecule has 0 spiro atoms. The first-order chi connectivity index (χ1) is 7.57. The molecule has 16 heavy (non-hydrogen) atoms. The van der Waals surface area contributed by atoms with Gasteiger partial charge in [-0.2, -0.15) is 0 Å². The van der Waals surface area contributed by atoms with Crippen molar-refractivity contribution in [3.63, 3.8) is 0 Å². The lowest BCUT2D eigenvalue weighted by molar-refractivity contribution is 0.0316. The number of carbonyl (C=O) groups is 1. The standard InChI is InChI=1S/C12H14O4/c1-12(6-13)7-16-5-9-3-2-8(11(14)15)4-10(9)12/h2-4,13H,5-7H2,1H3,(H,14,15)/t12-/m1/s1. The molecule has 1 aliphatic heterocycles. The van der Waals surface area contributed by atoms with Crippen LogP contribution in [0.15, 0.2) is 18.2 Å². The van der Waals surface area contributed by atoms with E-state index in [1.165, 1.54) is 0 Å². The molecule has 1 aromatic carbocycles. The van der Waals surface area contributed by atoms with Crippen molar-refractivity contribution in [3.8, 4) is 0 Å². The summed E-state index contributed by atoms with van der Waals surface area (Å²) in [6.45, 7) is 2.71. The third-order valence-electron chi connectivity index (χ3n) is 3.03. The molecule has 0 radical (unpaired) electrons. The van der Waals surface area contributed by atoms with Gasteiger partial charge >= 0.3 is 5.97 Å². The largest absolute Gasteiger partial charge is 0.478 e. The third-order valence-corrected chi connectivity index (χ3v) is 3.03. The molecule has 0 aliphatic carbocycles. The Labute approximate surface area is 93.5 Å². The van der Waals surface area contributed by atoms with E-state index in [1.54, 1.807) is 18.2 Å². The number of aliphatic hydroxyl groups is 1. The van der Waals surface area contributed by atoms with Crippen molar-refractivity contribution in [2.24, 2.45) is 0 Å². The van der Waals surface area contributed by atoms with Gasteiger partial charge in [-0.25, -0.2) is 4.79 Å². The Hall–Kier alpha value is -1.39. The lowest BCUT2D eigenvalue weighted by atomic mass is 9.79. The van der Waals surface area contributed by atoms with Gasteiger partial charge in [-0.05, 0) is 23.3 Å². The molecule has 1 heterocycles. The van der Waals surface area contributed by atoms with Crippen LogP contribution < -0.4 is 0 Å². The monoisotopic (exact) mass is 222 g/mol. The van der Waals surface area contributed by atoms with Crippen molar-refractivity contribution < 1.29 is 19.7 Å². The van der Waals surface area contributed by atoms with E-state index in [2.05, 4.69) is 0 Å². The van der Waals surface area contributed by atoms with Crippen LogP contribution in [0.25, 0.3) is 0 Å². The third kappa shape index (κ3) is 1.70. The molecular formula is C12H14O4. The number of benzene rings is 1. The van der Waals surface area contributed by atoms with Crippen LogP contribution in [0.1, 0.15) is 28.4 Å². The maximum absolute atomic E-state index is 10.9. The number of hydrogen-bond acceptors (Lipinski definition) is 3. The van der Waals surface area contributed by atoms with Crippen molar-refractivity contribution in [1.82, 2.24) is 0 Å². The normalized spacial score (nSPS) is 23.9. The number of fused-ring (bicyclic) bond motifs is 1. The SMILES string of the molecule is C[C@@]1(CO)COCc2ccc(C(=O)O)cc21. The van der Waals surface area contributed by atoms with E-state index in [1.807, 2.05) is 6.92 Å². The van der Waals surface area contributed by atoms with Gasteiger partial charge in [-0.1, -0.05) is 13.0 Å². The summed E-state index contributed by atoms with van der Waals surface area (Å²) in [5.74, 6) is -0.949. The topological polar surface area (TPSA) is 66.8 Å². The molecule has 2 rings (SSSR count). The summed E-state index contributed by atoms with van der Waals surface area (Å²) < 4.78 is 5.40. The van der Waals surface area contributed by atoms with Gasteiger partial charge in [0.15, 0.2) is 0 Å². The van der Waals surface area contributed by atoms with E-state index in [4.69, 9.17) is 9.84 Å². The predicted octanol–water partition coefficient (Wildman–Crippen LogP) is 1.17. The number of aromatic carboxylic acids is 1. The average Bonchev–Trinajstić information content (AvgIpc) is 2.29.